The summed E-state index contributed by atoms with van der Waals surface area (Å²) in [5.74, 6) is -0.904. The van der Waals surface area contributed by atoms with E-state index in [4.69, 9.17) is 19.9 Å². The summed E-state index contributed by atoms with van der Waals surface area (Å²) in [6.45, 7) is 4.93. The second-order valence-electron chi connectivity index (χ2n) is 4.45. The van der Waals surface area contributed by atoms with E-state index < -0.39 is 11.3 Å². The molecule has 0 bridgehead atoms. The fourth-order valence-electron chi connectivity index (χ4n) is 1.02. The van der Waals surface area contributed by atoms with E-state index in [1.165, 1.54) is 6.42 Å². The summed E-state index contributed by atoms with van der Waals surface area (Å²) >= 11 is 0. The second kappa shape index (κ2) is 9.71. The van der Waals surface area contributed by atoms with Gasteiger partial charge in [0, 0.05) is 13.7 Å². The molecule has 0 aliphatic rings. The highest BCUT2D eigenvalue weighted by atomic mass is 16.7. The molecule has 0 saturated carbocycles. The summed E-state index contributed by atoms with van der Waals surface area (Å²) in [6, 6.07) is 0. The van der Waals surface area contributed by atoms with Gasteiger partial charge in [-0.05, 0) is 0 Å². The van der Waals surface area contributed by atoms with Gasteiger partial charge >= 0.3 is 0 Å². The quantitative estimate of drug-likeness (QED) is 0.389. The van der Waals surface area contributed by atoms with Crippen molar-refractivity contribution in [1.29, 1.82) is 0 Å². The van der Waals surface area contributed by atoms with E-state index in [0.29, 0.717) is 26.4 Å². The number of hydrogen-bond acceptors (Lipinski definition) is 5. The molecule has 0 aromatic rings. The first kappa shape index (κ1) is 17.8. The predicted octanol–water partition coefficient (Wildman–Crippen LogP) is -0.545. The van der Waals surface area contributed by atoms with Gasteiger partial charge in [0.05, 0.1) is 31.7 Å². The highest BCUT2D eigenvalue weighted by Crippen LogP contribution is 2.17. The standard InChI is InChI=1S/C12H23N2O5/c1-12(2,11(13)16)8-10(15)14-4-5-18-9-19-7-6-17-3/h8H,4-7,9H2,1-3H3,(H2,13,16)(H,14,15). The minimum atomic E-state index is -0.964. The Hall–Kier alpha value is -1.18. The zero-order chi connectivity index (χ0) is 14.7. The predicted molar refractivity (Wildman–Crippen MR) is 68.9 cm³/mol. The van der Waals surface area contributed by atoms with Crippen molar-refractivity contribution in [3.8, 4) is 0 Å². The SMILES string of the molecule is COCCOCOCCNC(=O)[CH]C(C)(C)C(N)=O. The molecule has 3 N–H and O–H groups in total. The number of rotatable bonds is 11. The van der Waals surface area contributed by atoms with Gasteiger partial charge in [-0.25, -0.2) is 0 Å². The molecule has 0 aliphatic carbocycles. The van der Waals surface area contributed by atoms with Crippen LogP contribution in [0.15, 0.2) is 0 Å². The molecule has 19 heavy (non-hydrogen) atoms. The number of nitrogens with two attached hydrogens (primary N) is 1. The lowest BCUT2D eigenvalue weighted by atomic mass is 9.88. The number of carbonyl (C=O) groups excluding carboxylic acids is 2. The number of hydrogen-bond donors (Lipinski definition) is 2. The maximum absolute atomic E-state index is 11.5. The van der Waals surface area contributed by atoms with Crippen LogP contribution in [0.25, 0.3) is 0 Å². The molecule has 0 aliphatic heterocycles. The molecular weight excluding hydrogens is 252 g/mol. The van der Waals surface area contributed by atoms with E-state index in [9.17, 15) is 9.59 Å². The average molecular weight is 275 g/mol. The summed E-state index contributed by atoms with van der Waals surface area (Å²) in [5, 5.41) is 2.59. The van der Waals surface area contributed by atoms with Crippen LogP contribution in [-0.4, -0.2) is 52.1 Å². The van der Waals surface area contributed by atoms with E-state index in [2.05, 4.69) is 5.32 Å². The first-order chi connectivity index (χ1) is 8.90. The molecule has 1 radical (unpaired) electrons. The normalized spacial score (nSPS) is 11.3. The summed E-state index contributed by atoms with van der Waals surface area (Å²) in [6.07, 6.45) is 1.25. The van der Waals surface area contributed by atoms with Crippen LogP contribution in [-0.2, 0) is 23.8 Å². The summed E-state index contributed by atoms with van der Waals surface area (Å²) < 4.78 is 15.0. The van der Waals surface area contributed by atoms with Crippen molar-refractivity contribution in [2.75, 3.05) is 40.3 Å². The van der Waals surface area contributed by atoms with Crippen molar-refractivity contribution in [1.82, 2.24) is 5.32 Å². The van der Waals surface area contributed by atoms with E-state index >= 15 is 0 Å². The molecule has 2 amide bonds. The molecule has 0 spiro atoms. The Bertz CT molecular complexity index is 281. The van der Waals surface area contributed by atoms with Crippen LogP contribution >= 0.6 is 0 Å². The molecule has 0 fully saturated rings. The largest absolute Gasteiger partial charge is 0.382 e. The van der Waals surface area contributed by atoms with Crippen LogP contribution in [0.3, 0.4) is 0 Å². The molecule has 0 atom stereocenters. The third-order valence-electron chi connectivity index (χ3n) is 2.27. The van der Waals surface area contributed by atoms with E-state index in [0.717, 1.165) is 0 Å². The lowest BCUT2D eigenvalue weighted by Crippen LogP contribution is -2.38. The van der Waals surface area contributed by atoms with Gasteiger partial charge in [-0.2, -0.15) is 0 Å². The smallest absolute Gasteiger partial charge is 0.225 e. The molecule has 0 heterocycles. The topological polar surface area (TPSA) is 99.9 Å². The van der Waals surface area contributed by atoms with Gasteiger partial charge in [-0.15, -0.1) is 0 Å². The summed E-state index contributed by atoms with van der Waals surface area (Å²) in [7, 11) is 1.59. The second-order valence-corrected chi connectivity index (χ2v) is 4.45. The van der Waals surface area contributed by atoms with Crippen LogP contribution in [0.1, 0.15) is 13.8 Å². The molecule has 7 nitrogen and oxygen atoms in total. The Morgan fingerprint density at radius 1 is 1.21 bits per heavy atom. The van der Waals surface area contributed by atoms with Crippen LogP contribution in [0.2, 0.25) is 0 Å². The Kier molecular flexibility index (Phi) is 9.11. The maximum atomic E-state index is 11.5. The van der Waals surface area contributed by atoms with Crippen molar-refractivity contribution in [3.63, 3.8) is 0 Å². The highest BCUT2D eigenvalue weighted by Gasteiger charge is 2.28. The Morgan fingerprint density at radius 3 is 2.42 bits per heavy atom. The number of carbonyl (C=O) groups is 2. The molecule has 0 aromatic heterocycles. The molecule has 0 aromatic carbocycles. The highest BCUT2D eigenvalue weighted by molar-refractivity contribution is 5.94. The lowest BCUT2D eigenvalue weighted by Gasteiger charge is -2.18. The fourth-order valence-corrected chi connectivity index (χ4v) is 1.02. The monoisotopic (exact) mass is 275 g/mol. The molecule has 0 saturated heterocycles. The molecule has 0 rings (SSSR count). The minimum absolute atomic E-state index is 0.149. The number of amides is 2. The summed E-state index contributed by atoms with van der Waals surface area (Å²) in [5.41, 5.74) is 4.19. The van der Waals surface area contributed by atoms with Gasteiger partial charge < -0.3 is 25.3 Å². The number of primary amides is 1. The third kappa shape index (κ3) is 9.40. The Balaban J connectivity index is 3.52. The van der Waals surface area contributed by atoms with Crippen LogP contribution in [0.5, 0.6) is 0 Å². The van der Waals surface area contributed by atoms with Crippen molar-refractivity contribution in [2.24, 2.45) is 11.1 Å². The first-order valence-corrected chi connectivity index (χ1v) is 5.98. The van der Waals surface area contributed by atoms with Crippen molar-refractivity contribution >= 4 is 11.8 Å². The van der Waals surface area contributed by atoms with Gasteiger partial charge in [0.15, 0.2) is 0 Å². The number of methoxy groups -OCH3 is 1. The van der Waals surface area contributed by atoms with E-state index in [1.54, 1.807) is 21.0 Å². The van der Waals surface area contributed by atoms with Crippen molar-refractivity contribution in [2.45, 2.75) is 13.8 Å². The van der Waals surface area contributed by atoms with Crippen LogP contribution < -0.4 is 11.1 Å². The molecular formula is C12H23N2O5. The lowest BCUT2D eigenvalue weighted by molar-refractivity contribution is -0.128. The van der Waals surface area contributed by atoms with Gasteiger partial charge in [0.2, 0.25) is 11.8 Å². The zero-order valence-electron chi connectivity index (χ0n) is 11.7. The Labute approximate surface area is 113 Å². The molecule has 111 valence electrons. The minimum Gasteiger partial charge on any atom is -0.382 e. The molecule has 7 heteroatoms. The van der Waals surface area contributed by atoms with Gasteiger partial charge in [-0.3, -0.25) is 9.59 Å². The van der Waals surface area contributed by atoms with Gasteiger partial charge in [0.1, 0.15) is 6.79 Å². The first-order valence-electron chi connectivity index (χ1n) is 5.98. The van der Waals surface area contributed by atoms with Crippen LogP contribution in [0, 0.1) is 11.8 Å². The zero-order valence-corrected chi connectivity index (χ0v) is 11.7. The Morgan fingerprint density at radius 2 is 1.84 bits per heavy atom. The summed E-state index contributed by atoms with van der Waals surface area (Å²) in [4.78, 5) is 22.5. The molecule has 0 unspecified atom stereocenters. The number of ether oxygens (including phenoxy) is 3. The van der Waals surface area contributed by atoms with Gasteiger partial charge in [-0.1, -0.05) is 13.8 Å². The maximum Gasteiger partial charge on any atom is 0.225 e. The third-order valence-corrected chi connectivity index (χ3v) is 2.27. The van der Waals surface area contributed by atoms with Crippen molar-refractivity contribution in [3.05, 3.63) is 6.42 Å². The average Bonchev–Trinajstić information content (AvgIpc) is 2.31. The number of nitrogens with one attached hydrogen (secondary N) is 1. The van der Waals surface area contributed by atoms with Crippen LogP contribution in [0.4, 0.5) is 0 Å². The van der Waals surface area contributed by atoms with E-state index in [1.807, 2.05) is 0 Å². The fraction of sp³-hybridized carbons (Fsp3) is 0.750. The van der Waals surface area contributed by atoms with Crippen molar-refractivity contribution < 1.29 is 23.8 Å². The van der Waals surface area contributed by atoms with E-state index in [-0.39, 0.29) is 12.7 Å². The van der Waals surface area contributed by atoms with Gasteiger partial charge in [0.25, 0.3) is 0 Å².